The normalized spacial score (nSPS) is 18.4. The number of aryl methyl sites for hydroxylation is 3. The summed E-state index contributed by atoms with van der Waals surface area (Å²) in [5.41, 5.74) is 2.27. The first-order valence-corrected chi connectivity index (χ1v) is 16.4. The molecule has 8 bridgehead atoms. The van der Waals surface area contributed by atoms with E-state index in [0.29, 0.717) is 33.2 Å². The molecular formula is C38H40N4O10. The molecule has 0 spiro atoms. The van der Waals surface area contributed by atoms with Gasteiger partial charge in [-0.1, -0.05) is 0 Å². The Morgan fingerprint density at radius 1 is 0.673 bits per heavy atom. The lowest BCUT2D eigenvalue weighted by atomic mass is 9.78. The van der Waals surface area contributed by atoms with Gasteiger partial charge in [-0.3, -0.25) is 24.0 Å². The second kappa shape index (κ2) is 14.4. The lowest BCUT2D eigenvalue weighted by Gasteiger charge is -2.21. The number of fused-ring (bicyclic) bond motifs is 8. The molecule has 0 amide bonds. The molecule has 2 atom stereocenters. The van der Waals surface area contributed by atoms with Crippen molar-refractivity contribution in [3.8, 4) is 0 Å². The van der Waals surface area contributed by atoms with Crippen molar-refractivity contribution in [1.82, 2.24) is 19.9 Å². The highest BCUT2D eigenvalue weighted by atomic mass is 16.5. The number of aromatic amines is 2. The maximum absolute atomic E-state index is 14.2. The van der Waals surface area contributed by atoms with E-state index in [1.807, 2.05) is 19.9 Å². The van der Waals surface area contributed by atoms with Crippen molar-refractivity contribution in [2.24, 2.45) is 0 Å². The van der Waals surface area contributed by atoms with Gasteiger partial charge in [-0.15, -0.1) is 0 Å². The minimum atomic E-state index is -1.52. The molecule has 5 rings (SSSR count). The molecule has 0 aromatic carbocycles. The van der Waals surface area contributed by atoms with Crippen LogP contribution in [0.4, 0.5) is 0 Å². The summed E-state index contributed by atoms with van der Waals surface area (Å²) in [6.45, 7) is 6.79. The van der Waals surface area contributed by atoms with Crippen LogP contribution in [0.1, 0.15) is 87.7 Å². The van der Waals surface area contributed by atoms with E-state index in [2.05, 4.69) is 15.0 Å². The van der Waals surface area contributed by atoms with Gasteiger partial charge in [0, 0.05) is 40.1 Å². The van der Waals surface area contributed by atoms with Gasteiger partial charge in [0.25, 0.3) is 0 Å². The Bertz CT molecular complexity index is 2230. The average Bonchev–Trinajstić information content (AvgIpc) is 3.73. The Kier molecular flexibility index (Phi) is 10.3. The molecule has 0 fully saturated rings. The maximum atomic E-state index is 14.2. The number of Topliss-reactive ketones (excluding diaryl/α,β-unsaturated/α-hetero) is 2. The zero-order valence-electron chi connectivity index (χ0n) is 30.3. The Morgan fingerprint density at radius 2 is 1.19 bits per heavy atom. The van der Waals surface area contributed by atoms with Gasteiger partial charge in [-0.25, -0.2) is 14.8 Å². The van der Waals surface area contributed by atoms with E-state index in [1.165, 1.54) is 40.6 Å². The van der Waals surface area contributed by atoms with Crippen molar-refractivity contribution in [3.63, 3.8) is 0 Å². The summed E-state index contributed by atoms with van der Waals surface area (Å²) in [6.07, 6.45) is 2.53. The summed E-state index contributed by atoms with van der Waals surface area (Å²) >= 11 is 0. The van der Waals surface area contributed by atoms with Gasteiger partial charge in [0.15, 0.2) is 11.6 Å². The molecule has 2 aliphatic heterocycles. The third-order valence-corrected chi connectivity index (χ3v) is 9.87. The SMILES string of the molecule is COC(=O)/C=C/c1c(C)c2cc3nc(cc4nc(cc5[nH]c(cc1[nH]2)c(CCC(=O)OC)c5C)C(=O)[C@@]4(C)CC(=O)OC)C(=O)[C@@]3(C)CC(=O)OC. The van der Waals surface area contributed by atoms with Crippen LogP contribution < -0.4 is 0 Å². The van der Waals surface area contributed by atoms with Gasteiger partial charge in [0.05, 0.1) is 63.5 Å². The first kappa shape index (κ1) is 37.3. The number of H-pyrrole nitrogens is 2. The lowest BCUT2D eigenvalue weighted by molar-refractivity contribution is -0.142. The number of nitrogens with zero attached hydrogens (tertiary/aromatic N) is 2. The summed E-state index contributed by atoms with van der Waals surface area (Å²) in [5.74, 6) is -3.29. The van der Waals surface area contributed by atoms with Crippen molar-refractivity contribution in [1.29, 1.82) is 0 Å². The molecule has 3 aromatic heterocycles. The van der Waals surface area contributed by atoms with Crippen LogP contribution in [0.3, 0.4) is 0 Å². The largest absolute Gasteiger partial charge is 0.469 e. The van der Waals surface area contributed by atoms with Gasteiger partial charge in [0.1, 0.15) is 11.4 Å². The number of aromatic nitrogens is 4. The van der Waals surface area contributed by atoms with Gasteiger partial charge in [-0.05, 0) is 81.1 Å². The second-order valence-corrected chi connectivity index (χ2v) is 13.1. The molecule has 0 radical (unpaired) electrons. The predicted molar refractivity (Wildman–Crippen MR) is 188 cm³/mol. The molecule has 52 heavy (non-hydrogen) atoms. The molecule has 2 aliphatic rings. The number of hydrogen-bond donors (Lipinski definition) is 2. The monoisotopic (exact) mass is 712 g/mol. The van der Waals surface area contributed by atoms with Gasteiger partial charge in [-0.2, -0.15) is 0 Å². The summed E-state index contributed by atoms with van der Waals surface area (Å²) in [6, 6.07) is 6.40. The Balaban J connectivity index is 1.97. The van der Waals surface area contributed by atoms with E-state index in [4.69, 9.17) is 23.9 Å². The van der Waals surface area contributed by atoms with Crippen LogP contribution in [0.15, 0.2) is 30.3 Å². The Labute approximate surface area is 298 Å². The minimum Gasteiger partial charge on any atom is -0.469 e. The van der Waals surface area contributed by atoms with Crippen molar-refractivity contribution < 1.29 is 47.7 Å². The molecule has 0 aliphatic carbocycles. The summed E-state index contributed by atoms with van der Waals surface area (Å²) in [5, 5.41) is 0. The molecule has 0 saturated heterocycles. The Hall–Kier alpha value is -5.92. The highest BCUT2D eigenvalue weighted by Gasteiger charge is 2.48. The van der Waals surface area contributed by atoms with E-state index >= 15 is 0 Å². The smallest absolute Gasteiger partial charge is 0.330 e. The predicted octanol–water partition coefficient (Wildman–Crippen LogP) is 4.63. The first-order chi connectivity index (χ1) is 24.6. The van der Waals surface area contributed by atoms with Crippen LogP contribution in [-0.4, -0.2) is 83.8 Å². The quantitative estimate of drug-likeness (QED) is 0.178. The van der Waals surface area contributed by atoms with Crippen molar-refractivity contribution >= 4 is 63.6 Å². The van der Waals surface area contributed by atoms with Crippen LogP contribution >= 0.6 is 0 Å². The average molecular weight is 713 g/mol. The van der Waals surface area contributed by atoms with Gasteiger partial charge < -0.3 is 28.9 Å². The van der Waals surface area contributed by atoms with Crippen molar-refractivity contribution in [3.05, 3.63) is 75.4 Å². The van der Waals surface area contributed by atoms with Crippen LogP contribution in [0, 0.1) is 13.8 Å². The van der Waals surface area contributed by atoms with E-state index in [9.17, 15) is 28.8 Å². The maximum Gasteiger partial charge on any atom is 0.330 e. The van der Waals surface area contributed by atoms with E-state index in [1.54, 1.807) is 32.1 Å². The fourth-order valence-corrected chi connectivity index (χ4v) is 6.54. The van der Waals surface area contributed by atoms with E-state index in [0.717, 1.165) is 11.1 Å². The minimum absolute atomic E-state index is 0.0130. The molecule has 0 saturated carbocycles. The van der Waals surface area contributed by atoms with Crippen LogP contribution in [0.5, 0.6) is 0 Å². The zero-order chi connectivity index (χ0) is 38.1. The molecule has 3 aromatic rings. The van der Waals surface area contributed by atoms with Crippen molar-refractivity contribution in [2.45, 2.75) is 64.2 Å². The number of carbonyl (C=O) groups is 6. The number of hydrogen-bond acceptors (Lipinski definition) is 12. The second-order valence-electron chi connectivity index (χ2n) is 13.1. The van der Waals surface area contributed by atoms with Crippen molar-refractivity contribution in [2.75, 3.05) is 28.4 Å². The summed E-state index contributed by atoms with van der Waals surface area (Å²) in [7, 11) is 5.01. The number of ketones is 2. The van der Waals surface area contributed by atoms with E-state index < -0.39 is 46.3 Å². The summed E-state index contributed by atoms with van der Waals surface area (Å²) < 4.78 is 19.6. The highest BCUT2D eigenvalue weighted by Crippen LogP contribution is 2.39. The molecule has 14 heteroatoms. The number of rotatable bonds is 9. The number of methoxy groups -OCH3 is 4. The number of carbonyl (C=O) groups excluding carboxylic acids is 6. The highest BCUT2D eigenvalue weighted by molar-refractivity contribution is 6.09. The lowest BCUT2D eigenvalue weighted by Crippen LogP contribution is -2.33. The van der Waals surface area contributed by atoms with E-state index in [-0.39, 0.29) is 48.5 Å². The molecule has 0 unspecified atom stereocenters. The molecule has 14 nitrogen and oxygen atoms in total. The molecule has 272 valence electrons. The fraction of sp³-hybridized carbons (Fsp3) is 0.368. The summed E-state index contributed by atoms with van der Waals surface area (Å²) in [4.78, 5) is 94.2. The molecule has 5 heterocycles. The number of esters is 4. The van der Waals surface area contributed by atoms with Crippen LogP contribution in [-0.2, 0) is 55.4 Å². The first-order valence-electron chi connectivity index (χ1n) is 16.4. The fourth-order valence-electron chi connectivity index (χ4n) is 6.54. The molecule has 2 N–H and O–H groups in total. The molecular weight excluding hydrogens is 672 g/mol. The standard InChI is InChI=1S/C38H40N4O10/c1-19-21(9-11-31(43)49-5)25-14-26-22(10-12-32(44)50-6)20(2)24(40-26)15-29-37(3,17-33(45)51-7)36(48)28(42-29)16-30-38(4,18-34(46)52-8)35(47)27(41-30)13-23(19)39-25/h10,12-16,39-40H,9,11,17-18H2,1-8H3/b12-10+,23-13?,24-15?,25-14?,26-14?,27-13?,28-16?,29-15?,30-16?/t37-,38-/m0/s1. The van der Waals surface area contributed by atoms with Gasteiger partial charge in [0.2, 0.25) is 0 Å². The third-order valence-electron chi connectivity index (χ3n) is 9.87. The van der Waals surface area contributed by atoms with Crippen LogP contribution in [0.2, 0.25) is 0 Å². The number of ether oxygens (including phenoxy) is 4. The zero-order valence-corrected chi connectivity index (χ0v) is 30.3. The number of nitrogens with one attached hydrogen (secondary N) is 2. The third kappa shape index (κ3) is 6.75. The topological polar surface area (TPSA) is 197 Å². The van der Waals surface area contributed by atoms with Crippen LogP contribution in [0.25, 0.3) is 28.1 Å². The Morgan fingerprint density at radius 3 is 1.75 bits per heavy atom. The van der Waals surface area contributed by atoms with Gasteiger partial charge >= 0.3 is 23.9 Å².